The van der Waals surface area contributed by atoms with E-state index in [1.54, 1.807) is 0 Å². The molecule has 0 unspecified atom stereocenters. The lowest BCUT2D eigenvalue weighted by Gasteiger charge is -2.16. The van der Waals surface area contributed by atoms with E-state index in [0.717, 1.165) is 0 Å². The Labute approximate surface area is 114 Å². The maximum Gasteiger partial charge on any atom is 0.371 e. The first-order valence-corrected chi connectivity index (χ1v) is 5.56. The van der Waals surface area contributed by atoms with Crippen molar-refractivity contribution in [3.8, 4) is 5.75 Å². The number of carbonyl (C=O) groups excluding carboxylic acids is 1. The number of aliphatic hydroxyl groups excluding tert-OH is 1. The topological polar surface area (TPSA) is 87.1 Å². The minimum absolute atomic E-state index is 0.0484. The molecule has 6 nitrogen and oxygen atoms in total. The van der Waals surface area contributed by atoms with Gasteiger partial charge >= 0.3 is 5.97 Å². The fourth-order valence-corrected chi connectivity index (χ4v) is 1.44. The highest BCUT2D eigenvalue weighted by Gasteiger charge is 2.12. The summed E-state index contributed by atoms with van der Waals surface area (Å²) in [4.78, 5) is 23.2. The van der Waals surface area contributed by atoms with E-state index in [0.29, 0.717) is 11.6 Å². The van der Waals surface area contributed by atoms with Crippen molar-refractivity contribution in [3.63, 3.8) is 0 Å². The van der Waals surface area contributed by atoms with Crippen LogP contribution < -0.4 is 4.74 Å². The SMILES string of the molecule is COc1cc(CN(C)C(=O)/C=C(\O)C(=O)O)ccc1F. The third-order valence-electron chi connectivity index (χ3n) is 2.49. The molecule has 20 heavy (non-hydrogen) atoms. The smallest absolute Gasteiger partial charge is 0.371 e. The highest BCUT2D eigenvalue weighted by Crippen LogP contribution is 2.19. The van der Waals surface area contributed by atoms with Crippen molar-refractivity contribution >= 4 is 11.9 Å². The number of carboxylic acid groups (broad SMARTS) is 1. The van der Waals surface area contributed by atoms with Crippen LogP contribution in [0.3, 0.4) is 0 Å². The number of likely N-dealkylation sites (N-methyl/N-ethyl adjacent to an activating group) is 1. The van der Waals surface area contributed by atoms with Gasteiger partial charge in [-0.2, -0.15) is 0 Å². The molecule has 0 saturated carbocycles. The molecule has 0 aromatic heterocycles. The zero-order valence-corrected chi connectivity index (χ0v) is 11.0. The molecule has 1 amide bonds. The molecule has 0 radical (unpaired) electrons. The van der Waals surface area contributed by atoms with Gasteiger partial charge in [0.25, 0.3) is 5.91 Å². The van der Waals surface area contributed by atoms with Crippen molar-refractivity contribution in [2.75, 3.05) is 14.2 Å². The Bertz CT molecular complexity index is 556. The second-order valence-electron chi connectivity index (χ2n) is 4.00. The van der Waals surface area contributed by atoms with Crippen molar-refractivity contribution in [2.24, 2.45) is 0 Å². The number of halogens is 1. The molecule has 108 valence electrons. The first-order chi connectivity index (χ1) is 9.35. The Morgan fingerprint density at radius 3 is 2.60 bits per heavy atom. The Hall–Kier alpha value is -2.57. The molecule has 0 fully saturated rings. The highest BCUT2D eigenvalue weighted by atomic mass is 19.1. The maximum absolute atomic E-state index is 13.2. The van der Waals surface area contributed by atoms with Crippen LogP contribution in [0.25, 0.3) is 0 Å². The van der Waals surface area contributed by atoms with Crippen LogP contribution in [0.5, 0.6) is 5.75 Å². The molecule has 0 aliphatic rings. The van der Waals surface area contributed by atoms with E-state index >= 15 is 0 Å². The minimum atomic E-state index is -1.59. The van der Waals surface area contributed by atoms with Crippen LogP contribution in [0.1, 0.15) is 5.56 Å². The first kappa shape index (κ1) is 15.5. The Morgan fingerprint density at radius 1 is 1.40 bits per heavy atom. The van der Waals surface area contributed by atoms with Gasteiger partial charge in [-0.1, -0.05) is 6.07 Å². The Balaban J connectivity index is 2.80. The van der Waals surface area contributed by atoms with Gasteiger partial charge < -0.3 is 19.8 Å². The fourth-order valence-electron chi connectivity index (χ4n) is 1.44. The normalized spacial score (nSPS) is 11.1. The number of carbonyl (C=O) groups is 2. The molecule has 0 aliphatic heterocycles. The second-order valence-corrected chi connectivity index (χ2v) is 4.00. The van der Waals surface area contributed by atoms with Gasteiger partial charge in [0.05, 0.1) is 13.2 Å². The van der Waals surface area contributed by atoms with Crippen LogP contribution in [0.15, 0.2) is 30.0 Å². The summed E-state index contributed by atoms with van der Waals surface area (Å²) in [5.41, 5.74) is 0.599. The number of hydrogen-bond acceptors (Lipinski definition) is 4. The van der Waals surface area contributed by atoms with E-state index < -0.39 is 23.5 Å². The van der Waals surface area contributed by atoms with Gasteiger partial charge in [-0.25, -0.2) is 9.18 Å². The molecule has 0 saturated heterocycles. The summed E-state index contributed by atoms with van der Waals surface area (Å²) in [6.45, 7) is 0.110. The third-order valence-corrected chi connectivity index (χ3v) is 2.49. The van der Waals surface area contributed by atoms with E-state index in [-0.39, 0.29) is 12.3 Å². The molecule has 7 heteroatoms. The number of benzene rings is 1. The molecule has 1 rings (SSSR count). The molecule has 1 aromatic rings. The van der Waals surface area contributed by atoms with E-state index in [2.05, 4.69) is 0 Å². The van der Waals surface area contributed by atoms with Gasteiger partial charge in [-0.05, 0) is 17.7 Å². The van der Waals surface area contributed by atoms with Crippen LogP contribution in [0.2, 0.25) is 0 Å². The van der Waals surface area contributed by atoms with Crippen molar-refractivity contribution < 1.29 is 28.9 Å². The number of ether oxygens (including phenoxy) is 1. The van der Waals surface area contributed by atoms with E-state index in [9.17, 15) is 14.0 Å². The average molecular weight is 283 g/mol. The van der Waals surface area contributed by atoms with Gasteiger partial charge in [0.2, 0.25) is 5.76 Å². The van der Waals surface area contributed by atoms with Crippen LogP contribution in [0, 0.1) is 5.82 Å². The Kier molecular flexibility index (Phi) is 5.08. The summed E-state index contributed by atoms with van der Waals surface area (Å²) < 4.78 is 18.0. The molecule has 0 bridgehead atoms. The van der Waals surface area contributed by atoms with Crippen LogP contribution in [-0.4, -0.2) is 41.1 Å². The molecule has 1 aromatic carbocycles. The summed E-state index contributed by atoms with van der Waals surface area (Å²) >= 11 is 0. The van der Waals surface area contributed by atoms with Gasteiger partial charge in [-0.15, -0.1) is 0 Å². The van der Waals surface area contributed by atoms with Gasteiger partial charge in [0, 0.05) is 13.6 Å². The van der Waals surface area contributed by atoms with Crippen LogP contribution >= 0.6 is 0 Å². The predicted molar refractivity (Wildman–Crippen MR) is 67.8 cm³/mol. The van der Waals surface area contributed by atoms with Crippen molar-refractivity contribution in [1.29, 1.82) is 0 Å². The third kappa shape index (κ3) is 3.98. The molecule has 0 heterocycles. The number of methoxy groups -OCH3 is 1. The molecule has 0 aliphatic carbocycles. The average Bonchev–Trinajstić information content (AvgIpc) is 2.40. The van der Waals surface area contributed by atoms with E-state index in [4.69, 9.17) is 14.9 Å². The number of aliphatic carboxylic acids is 1. The summed E-state index contributed by atoms with van der Waals surface area (Å²) in [6, 6.07) is 4.11. The standard InChI is InChI=1S/C13H14FNO5/c1-15(12(17)6-10(16)13(18)19)7-8-3-4-9(14)11(5-8)20-2/h3-6,16H,7H2,1-2H3,(H,18,19)/b10-6-. The molecule has 2 N–H and O–H groups in total. The quantitative estimate of drug-likeness (QED) is 0.628. The van der Waals surface area contributed by atoms with Gasteiger partial charge in [0.15, 0.2) is 11.6 Å². The predicted octanol–water partition coefficient (Wildman–Crippen LogP) is 1.32. The summed E-state index contributed by atoms with van der Waals surface area (Å²) in [5, 5.41) is 17.4. The van der Waals surface area contributed by atoms with Crippen molar-refractivity contribution in [3.05, 3.63) is 41.4 Å². The molecular weight excluding hydrogens is 269 g/mol. The lowest BCUT2D eigenvalue weighted by Crippen LogP contribution is -2.25. The lowest BCUT2D eigenvalue weighted by molar-refractivity contribution is -0.136. The van der Waals surface area contributed by atoms with Crippen LogP contribution in [-0.2, 0) is 16.1 Å². The highest BCUT2D eigenvalue weighted by molar-refractivity contribution is 5.95. The zero-order chi connectivity index (χ0) is 15.3. The monoisotopic (exact) mass is 283 g/mol. The van der Waals surface area contributed by atoms with Crippen molar-refractivity contribution in [1.82, 2.24) is 4.90 Å². The Morgan fingerprint density at radius 2 is 2.05 bits per heavy atom. The summed E-state index contributed by atoms with van der Waals surface area (Å²) in [5.74, 6) is -3.79. The van der Waals surface area contributed by atoms with Crippen LogP contribution in [0.4, 0.5) is 4.39 Å². The number of aliphatic hydroxyl groups is 1. The zero-order valence-electron chi connectivity index (χ0n) is 11.0. The summed E-state index contributed by atoms with van der Waals surface area (Å²) in [6.07, 6.45) is 0.600. The van der Waals surface area contributed by atoms with Crippen molar-refractivity contribution in [2.45, 2.75) is 6.54 Å². The molecule has 0 atom stereocenters. The fraction of sp³-hybridized carbons (Fsp3) is 0.231. The first-order valence-electron chi connectivity index (χ1n) is 5.56. The largest absolute Gasteiger partial charge is 0.502 e. The van der Waals surface area contributed by atoms with E-state index in [1.807, 2.05) is 0 Å². The molecular formula is C13H14FNO5. The van der Waals surface area contributed by atoms with Gasteiger partial charge in [-0.3, -0.25) is 4.79 Å². The maximum atomic E-state index is 13.2. The lowest BCUT2D eigenvalue weighted by atomic mass is 10.2. The minimum Gasteiger partial charge on any atom is -0.502 e. The van der Waals surface area contributed by atoms with Gasteiger partial charge in [0.1, 0.15) is 0 Å². The number of hydrogen-bond donors (Lipinski definition) is 2. The second kappa shape index (κ2) is 6.55. The number of carboxylic acids is 1. The number of nitrogens with zero attached hydrogens (tertiary/aromatic N) is 1. The van der Waals surface area contributed by atoms with E-state index in [1.165, 1.54) is 37.3 Å². The number of rotatable bonds is 5. The summed E-state index contributed by atoms with van der Waals surface area (Å²) in [7, 11) is 2.74. The molecule has 0 spiro atoms. The number of amides is 1.